The lowest BCUT2D eigenvalue weighted by Gasteiger charge is -2.16. The van der Waals surface area contributed by atoms with E-state index in [2.05, 4.69) is 58.4 Å². The summed E-state index contributed by atoms with van der Waals surface area (Å²) in [6.07, 6.45) is 5.68. The zero-order valence-corrected chi connectivity index (χ0v) is 17.6. The quantitative estimate of drug-likeness (QED) is 0.294. The second-order valence-corrected chi connectivity index (χ2v) is 8.01. The molecule has 0 aliphatic rings. The summed E-state index contributed by atoms with van der Waals surface area (Å²) in [5, 5.41) is 8.74. The van der Waals surface area contributed by atoms with Gasteiger partial charge in [-0.2, -0.15) is 0 Å². The van der Waals surface area contributed by atoms with Crippen molar-refractivity contribution in [3.63, 3.8) is 0 Å². The van der Waals surface area contributed by atoms with Crippen LogP contribution in [-0.2, 0) is 4.79 Å². The van der Waals surface area contributed by atoms with Crippen LogP contribution in [0.1, 0.15) is 63.9 Å². The van der Waals surface area contributed by atoms with Gasteiger partial charge >= 0.3 is 5.97 Å². The van der Waals surface area contributed by atoms with Crippen LogP contribution in [0.15, 0.2) is 33.2 Å². The summed E-state index contributed by atoms with van der Waals surface area (Å²) in [5.41, 5.74) is 1.50. The van der Waals surface area contributed by atoms with E-state index in [1.54, 1.807) is 0 Å². The summed E-state index contributed by atoms with van der Waals surface area (Å²) in [7, 11) is 0. The van der Waals surface area contributed by atoms with Crippen molar-refractivity contribution in [2.45, 2.75) is 58.3 Å². The summed E-state index contributed by atoms with van der Waals surface area (Å²) in [6, 6.07) is 4.12. The fourth-order valence-electron chi connectivity index (χ4n) is 2.41. The molecule has 0 radical (unpaired) electrons. The molecule has 5 heteroatoms. The van der Waals surface area contributed by atoms with Crippen molar-refractivity contribution in [2.75, 3.05) is 6.61 Å². The first-order chi connectivity index (χ1) is 11.3. The van der Waals surface area contributed by atoms with E-state index in [-0.39, 0.29) is 0 Å². The van der Waals surface area contributed by atoms with Crippen molar-refractivity contribution in [1.82, 2.24) is 0 Å². The number of ether oxygens (including phenoxy) is 1. The first-order valence-corrected chi connectivity index (χ1v) is 9.94. The second kappa shape index (κ2) is 10.9. The van der Waals surface area contributed by atoms with Gasteiger partial charge in [0.25, 0.3) is 0 Å². The van der Waals surface area contributed by atoms with Crippen LogP contribution < -0.4 is 4.74 Å². The number of rotatable bonds is 11. The van der Waals surface area contributed by atoms with E-state index in [1.165, 1.54) is 5.56 Å². The molecule has 0 aromatic heterocycles. The lowest BCUT2D eigenvalue weighted by atomic mass is 10.0. The molecule has 0 aliphatic heterocycles. The number of carboxylic acid groups (broad SMARTS) is 1. The Kier molecular flexibility index (Phi) is 9.67. The molecule has 0 spiro atoms. The van der Waals surface area contributed by atoms with Gasteiger partial charge in [0.05, 0.1) is 11.1 Å². The van der Waals surface area contributed by atoms with Crippen molar-refractivity contribution in [2.24, 2.45) is 0 Å². The van der Waals surface area contributed by atoms with Crippen LogP contribution in [0.2, 0.25) is 0 Å². The lowest BCUT2D eigenvalue weighted by Crippen LogP contribution is -2.02. The summed E-state index contributed by atoms with van der Waals surface area (Å²) in [4.78, 5) is 10.6. The van der Waals surface area contributed by atoms with Gasteiger partial charge in [-0.3, -0.25) is 0 Å². The molecule has 0 bridgehead atoms. The van der Waals surface area contributed by atoms with Gasteiger partial charge in [-0.15, -0.1) is 0 Å². The zero-order chi connectivity index (χ0) is 18.1. The van der Waals surface area contributed by atoms with E-state index in [1.807, 2.05) is 6.07 Å². The molecule has 0 fully saturated rings. The Bertz CT molecular complexity index is 568. The molecule has 1 N–H and O–H groups in total. The molecule has 0 saturated heterocycles. The highest BCUT2D eigenvalue weighted by atomic mass is 79.9. The SMILES string of the molecule is C=C(CCCCCCCOc1c(Br)cc(Br)cc1C(C)C)C(=O)O. The minimum atomic E-state index is -0.885. The van der Waals surface area contributed by atoms with Crippen LogP contribution in [0.4, 0.5) is 0 Å². The lowest BCUT2D eigenvalue weighted by molar-refractivity contribution is -0.132. The zero-order valence-electron chi connectivity index (χ0n) is 14.4. The maximum Gasteiger partial charge on any atom is 0.330 e. The first-order valence-electron chi connectivity index (χ1n) is 8.35. The van der Waals surface area contributed by atoms with Gasteiger partial charge in [0.15, 0.2) is 0 Å². The van der Waals surface area contributed by atoms with Gasteiger partial charge in [0.2, 0.25) is 0 Å². The molecule has 1 aromatic carbocycles. The van der Waals surface area contributed by atoms with E-state index in [9.17, 15) is 4.79 Å². The summed E-state index contributed by atoms with van der Waals surface area (Å²) in [6.45, 7) is 8.56. The van der Waals surface area contributed by atoms with Gasteiger partial charge in [-0.1, -0.05) is 55.6 Å². The second-order valence-electron chi connectivity index (χ2n) is 6.24. The van der Waals surface area contributed by atoms with Gasteiger partial charge in [0, 0.05) is 10.0 Å². The average Bonchev–Trinajstić information content (AvgIpc) is 2.50. The number of benzene rings is 1. The third-order valence-corrected chi connectivity index (χ3v) is 4.88. The monoisotopic (exact) mass is 460 g/mol. The Labute approximate surface area is 161 Å². The van der Waals surface area contributed by atoms with Crippen LogP contribution in [0.5, 0.6) is 5.75 Å². The highest BCUT2D eigenvalue weighted by Crippen LogP contribution is 2.37. The molecular formula is C19H26Br2O3. The molecule has 0 atom stereocenters. The molecule has 0 amide bonds. The van der Waals surface area contributed by atoms with Crippen LogP contribution in [0.3, 0.4) is 0 Å². The van der Waals surface area contributed by atoms with E-state index in [0.29, 0.717) is 24.5 Å². The number of carbonyl (C=O) groups is 1. The van der Waals surface area contributed by atoms with Crippen molar-refractivity contribution < 1.29 is 14.6 Å². The minimum Gasteiger partial charge on any atom is -0.492 e. The predicted octanol–water partition coefficient (Wildman–Crippen LogP) is 6.70. The predicted molar refractivity (Wildman–Crippen MR) is 106 cm³/mol. The number of carboxylic acids is 1. The van der Waals surface area contributed by atoms with E-state index < -0.39 is 5.97 Å². The van der Waals surface area contributed by atoms with Crippen LogP contribution in [-0.4, -0.2) is 17.7 Å². The Morgan fingerprint density at radius 2 is 1.79 bits per heavy atom. The highest BCUT2D eigenvalue weighted by Gasteiger charge is 2.13. The number of unbranched alkanes of at least 4 members (excludes halogenated alkanes) is 4. The van der Waals surface area contributed by atoms with Crippen molar-refractivity contribution >= 4 is 37.8 Å². The van der Waals surface area contributed by atoms with Crippen molar-refractivity contribution in [1.29, 1.82) is 0 Å². The topological polar surface area (TPSA) is 46.5 Å². The third-order valence-electron chi connectivity index (χ3n) is 3.83. The van der Waals surface area contributed by atoms with Gasteiger partial charge in [-0.25, -0.2) is 4.79 Å². The molecule has 1 aromatic rings. The van der Waals surface area contributed by atoms with E-state index in [0.717, 1.165) is 46.8 Å². The van der Waals surface area contributed by atoms with E-state index in [4.69, 9.17) is 9.84 Å². The molecule has 0 saturated carbocycles. The third kappa shape index (κ3) is 7.39. The Morgan fingerprint density at radius 1 is 1.17 bits per heavy atom. The summed E-state index contributed by atoms with van der Waals surface area (Å²) < 4.78 is 8.03. The van der Waals surface area contributed by atoms with Gasteiger partial charge < -0.3 is 9.84 Å². The van der Waals surface area contributed by atoms with E-state index >= 15 is 0 Å². The van der Waals surface area contributed by atoms with Crippen molar-refractivity contribution in [3.8, 4) is 5.75 Å². The van der Waals surface area contributed by atoms with Crippen molar-refractivity contribution in [3.05, 3.63) is 38.8 Å². The average molecular weight is 462 g/mol. The van der Waals surface area contributed by atoms with Crippen LogP contribution in [0.25, 0.3) is 0 Å². The fraction of sp³-hybridized carbons (Fsp3) is 0.526. The maximum absolute atomic E-state index is 10.6. The molecule has 24 heavy (non-hydrogen) atoms. The number of halogens is 2. The maximum atomic E-state index is 10.6. The standard InChI is InChI=1S/C19H26Br2O3/c1-13(2)16-11-15(20)12-17(21)18(16)24-10-8-6-4-5-7-9-14(3)19(22)23/h11-13H,3-10H2,1-2H3,(H,22,23). The molecule has 0 unspecified atom stereocenters. The van der Waals surface area contributed by atoms with Crippen LogP contribution >= 0.6 is 31.9 Å². The molecule has 0 heterocycles. The minimum absolute atomic E-state index is 0.305. The van der Waals surface area contributed by atoms with Crippen LogP contribution in [0, 0.1) is 0 Å². The molecule has 0 aliphatic carbocycles. The molecule has 3 nitrogen and oxygen atoms in total. The van der Waals surface area contributed by atoms with Gasteiger partial charge in [-0.05, 0) is 58.8 Å². The Hall–Kier alpha value is -0.810. The van der Waals surface area contributed by atoms with Gasteiger partial charge in [0.1, 0.15) is 5.75 Å². The summed E-state index contributed by atoms with van der Waals surface area (Å²) >= 11 is 7.11. The molecule has 134 valence electrons. The molecule has 1 rings (SSSR count). The highest BCUT2D eigenvalue weighted by molar-refractivity contribution is 9.11. The number of hydrogen-bond donors (Lipinski definition) is 1. The normalized spacial score (nSPS) is 10.9. The number of hydrogen-bond acceptors (Lipinski definition) is 2. The largest absolute Gasteiger partial charge is 0.492 e. The number of aliphatic carboxylic acids is 1. The molecular weight excluding hydrogens is 436 g/mol. The fourth-order valence-corrected chi connectivity index (χ4v) is 3.79. The summed E-state index contributed by atoms with van der Waals surface area (Å²) in [5.74, 6) is 0.450. The Balaban J connectivity index is 2.29. The smallest absolute Gasteiger partial charge is 0.330 e. The Morgan fingerprint density at radius 3 is 2.42 bits per heavy atom. The first kappa shape index (κ1) is 21.2.